The van der Waals surface area contributed by atoms with Gasteiger partial charge in [-0.2, -0.15) is 0 Å². The van der Waals surface area contributed by atoms with Gasteiger partial charge < -0.3 is 15.0 Å². The van der Waals surface area contributed by atoms with Crippen LogP contribution in [0.15, 0.2) is 24.3 Å². The molecule has 1 aliphatic heterocycles. The number of ether oxygens (including phenoxy) is 1. The lowest BCUT2D eigenvalue weighted by atomic mass is 10.0. The molecule has 0 saturated carbocycles. The van der Waals surface area contributed by atoms with Crippen molar-refractivity contribution in [2.45, 2.75) is 26.3 Å². The minimum absolute atomic E-state index is 0.329. The summed E-state index contributed by atoms with van der Waals surface area (Å²) in [6.07, 6.45) is 1.05. The molecule has 1 atom stereocenters. The number of benzene rings is 1. The number of hydrogen-bond acceptors (Lipinski definition) is 4. The monoisotopic (exact) mass is 299 g/mol. The van der Waals surface area contributed by atoms with Gasteiger partial charge in [-0.1, -0.05) is 25.1 Å². The van der Waals surface area contributed by atoms with Crippen LogP contribution in [0.25, 0.3) is 10.9 Å². The Morgan fingerprint density at radius 2 is 2.09 bits per heavy atom. The average molecular weight is 299 g/mol. The highest BCUT2D eigenvalue weighted by atomic mass is 16.5. The maximum Gasteiger partial charge on any atom is 0.134 e. The quantitative estimate of drug-likeness (QED) is 0.941. The molecular formula is C18H25N3O. The van der Waals surface area contributed by atoms with Gasteiger partial charge >= 0.3 is 0 Å². The fourth-order valence-corrected chi connectivity index (χ4v) is 3.22. The van der Waals surface area contributed by atoms with Crippen LogP contribution in [0.2, 0.25) is 0 Å². The molecule has 0 aliphatic carbocycles. The van der Waals surface area contributed by atoms with Crippen molar-refractivity contribution in [1.82, 2.24) is 10.3 Å². The van der Waals surface area contributed by atoms with E-state index in [9.17, 15) is 0 Å². The van der Waals surface area contributed by atoms with Crippen LogP contribution in [0, 0.1) is 6.92 Å². The summed E-state index contributed by atoms with van der Waals surface area (Å²) in [4.78, 5) is 7.41. The lowest BCUT2D eigenvalue weighted by molar-refractivity contribution is 0.122. The van der Waals surface area contributed by atoms with Crippen molar-refractivity contribution >= 4 is 16.7 Å². The maximum atomic E-state index is 5.50. The van der Waals surface area contributed by atoms with E-state index in [1.165, 1.54) is 16.5 Å². The molecule has 0 spiro atoms. The summed E-state index contributed by atoms with van der Waals surface area (Å²) in [5.41, 5.74) is 3.64. The van der Waals surface area contributed by atoms with Crippen LogP contribution in [0.4, 0.5) is 5.82 Å². The summed E-state index contributed by atoms with van der Waals surface area (Å²) in [7, 11) is 2.03. The normalized spacial score (nSPS) is 17.0. The van der Waals surface area contributed by atoms with E-state index >= 15 is 0 Å². The van der Waals surface area contributed by atoms with Crippen molar-refractivity contribution in [2.75, 3.05) is 38.3 Å². The minimum Gasteiger partial charge on any atom is -0.378 e. The van der Waals surface area contributed by atoms with Gasteiger partial charge in [-0.3, -0.25) is 0 Å². The molecule has 1 aromatic heterocycles. The number of nitrogens with zero attached hydrogens (tertiary/aromatic N) is 2. The fraction of sp³-hybridized carbons (Fsp3) is 0.500. The first-order chi connectivity index (χ1) is 10.7. The molecular weight excluding hydrogens is 274 g/mol. The first-order valence-corrected chi connectivity index (χ1v) is 8.14. The SMILES string of the molecule is CCC(NC)c1cc2cccc(C)c2nc1N1CCOCC1. The van der Waals surface area contributed by atoms with Crippen LogP contribution in [-0.4, -0.2) is 38.3 Å². The molecule has 0 radical (unpaired) electrons. The lowest BCUT2D eigenvalue weighted by Gasteiger charge is -2.31. The second-order valence-corrected chi connectivity index (χ2v) is 5.90. The van der Waals surface area contributed by atoms with Crippen molar-refractivity contribution in [2.24, 2.45) is 0 Å². The van der Waals surface area contributed by atoms with Crippen molar-refractivity contribution in [1.29, 1.82) is 0 Å². The Labute approximate surface area is 132 Å². The Hall–Kier alpha value is -1.65. The van der Waals surface area contributed by atoms with E-state index in [1.807, 2.05) is 7.05 Å². The standard InChI is InChI=1S/C18H25N3O/c1-4-16(19-3)15-12-14-7-5-6-13(2)17(14)20-18(15)21-8-10-22-11-9-21/h5-7,12,16,19H,4,8-11H2,1-3H3. The Morgan fingerprint density at radius 3 is 2.77 bits per heavy atom. The van der Waals surface area contributed by atoms with Crippen LogP contribution in [0.3, 0.4) is 0 Å². The first kappa shape index (κ1) is 15.3. The molecule has 22 heavy (non-hydrogen) atoms. The summed E-state index contributed by atoms with van der Waals surface area (Å²) in [6, 6.07) is 9.04. The van der Waals surface area contributed by atoms with Crippen LogP contribution in [0.1, 0.15) is 30.5 Å². The van der Waals surface area contributed by atoms with E-state index < -0.39 is 0 Å². The highest BCUT2D eigenvalue weighted by Gasteiger charge is 2.21. The molecule has 4 heteroatoms. The lowest BCUT2D eigenvalue weighted by Crippen LogP contribution is -2.38. The number of hydrogen-bond donors (Lipinski definition) is 1. The fourth-order valence-electron chi connectivity index (χ4n) is 3.22. The Kier molecular flexibility index (Phi) is 4.60. The van der Waals surface area contributed by atoms with E-state index in [4.69, 9.17) is 9.72 Å². The van der Waals surface area contributed by atoms with E-state index in [0.717, 1.165) is 44.1 Å². The topological polar surface area (TPSA) is 37.4 Å². The van der Waals surface area contributed by atoms with Gasteiger partial charge in [0, 0.05) is 30.1 Å². The number of fused-ring (bicyclic) bond motifs is 1. The van der Waals surface area contributed by atoms with E-state index in [0.29, 0.717) is 6.04 Å². The van der Waals surface area contributed by atoms with Gasteiger partial charge in [0.15, 0.2) is 0 Å². The Bertz CT molecular complexity index is 646. The maximum absolute atomic E-state index is 5.50. The summed E-state index contributed by atoms with van der Waals surface area (Å²) < 4.78 is 5.50. The summed E-state index contributed by atoms with van der Waals surface area (Å²) in [6.45, 7) is 7.74. The third-order valence-electron chi connectivity index (χ3n) is 4.50. The van der Waals surface area contributed by atoms with Gasteiger partial charge in [0.2, 0.25) is 0 Å². The number of aryl methyl sites for hydroxylation is 1. The Morgan fingerprint density at radius 1 is 1.32 bits per heavy atom. The zero-order valence-corrected chi connectivity index (χ0v) is 13.7. The minimum atomic E-state index is 0.329. The predicted molar refractivity (Wildman–Crippen MR) is 91.6 cm³/mol. The third-order valence-corrected chi connectivity index (χ3v) is 4.50. The van der Waals surface area contributed by atoms with Gasteiger partial charge in [0.1, 0.15) is 5.82 Å². The van der Waals surface area contributed by atoms with Crippen LogP contribution in [0.5, 0.6) is 0 Å². The molecule has 2 aromatic rings. The number of morpholine rings is 1. The highest BCUT2D eigenvalue weighted by molar-refractivity contribution is 5.84. The molecule has 1 saturated heterocycles. The van der Waals surface area contributed by atoms with Crippen molar-refractivity contribution in [3.63, 3.8) is 0 Å². The predicted octanol–water partition coefficient (Wildman–Crippen LogP) is 3.05. The molecule has 1 N–H and O–H groups in total. The largest absolute Gasteiger partial charge is 0.378 e. The highest BCUT2D eigenvalue weighted by Crippen LogP contribution is 2.31. The van der Waals surface area contributed by atoms with Gasteiger partial charge in [-0.15, -0.1) is 0 Å². The summed E-state index contributed by atoms with van der Waals surface area (Å²) >= 11 is 0. The average Bonchev–Trinajstić information content (AvgIpc) is 2.57. The van der Waals surface area contributed by atoms with Crippen molar-refractivity contribution in [3.05, 3.63) is 35.4 Å². The molecule has 2 heterocycles. The molecule has 1 fully saturated rings. The zero-order chi connectivity index (χ0) is 15.5. The first-order valence-electron chi connectivity index (χ1n) is 8.14. The van der Waals surface area contributed by atoms with Gasteiger partial charge in [0.05, 0.1) is 18.7 Å². The smallest absolute Gasteiger partial charge is 0.134 e. The summed E-state index contributed by atoms with van der Waals surface area (Å²) in [5, 5.41) is 4.65. The molecule has 0 amide bonds. The number of nitrogens with one attached hydrogen (secondary N) is 1. The van der Waals surface area contributed by atoms with Crippen molar-refractivity contribution < 1.29 is 4.74 Å². The molecule has 1 aromatic carbocycles. The number of para-hydroxylation sites is 1. The van der Waals surface area contributed by atoms with E-state index in [1.54, 1.807) is 0 Å². The van der Waals surface area contributed by atoms with Crippen LogP contribution >= 0.6 is 0 Å². The molecule has 0 bridgehead atoms. The number of pyridine rings is 1. The second kappa shape index (κ2) is 6.63. The third kappa shape index (κ3) is 2.81. The van der Waals surface area contributed by atoms with Gasteiger partial charge in [-0.25, -0.2) is 4.98 Å². The van der Waals surface area contributed by atoms with Crippen molar-refractivity contribution in [3.8, 4) is 0 Å². The second-order valence-electron chi connectivity index (χ2n) is 5.90. The van der Waals surface area contributed by atoms with Gasteiger partial charge in [-0.05, 0) is 32.0 Å². The molecule has 3 rings (SSSR count). The number of aromatic nitrogens is 1. The Balaban J connectivity index is 2.16. The number of anilines is 1. The van der Waals surface area contributed by atoms with E-state index in [-0.39, 0.29) is 0 Å². The van der Waals surface area contributed by atoms with Crippen LogP contribution < -0.4 is 10.2 Å². The molecule has 4 nitrogen and oxygen atoms in total. The summed E-state index contributed by atoms with van der Waals surface area (Å²) in [5.74, 6) is 1.12. The number of rotatable bonds is 4. The molecule has 118 valence electrons. The molecule has 1 aliphatic rings. The zero-order valence-electron chi connectivity index (χ0n) is 13.7. The van der Waals surface area contributed by atoms with Gasteiger partial charge in [0.25, 0.3) is 0 Å². The van der Waals surface area contributed by atoms with Crippen LogP contribution in [-0.2, 0) is 4.74 Å². The molecule has 1 unspecified atom stereocenters. The van der Waals surface area contributed by atoms with E-state index in [2.05, 4.69) is 48.3 Å².